The first kappa shape index (κ1) is 17.2. The van der Waals surface area contributed by atoms with Crippen molar-refractivity contribution >= 4 is 28.9 Å². The maximum absolute atomic E-state index is 12.0. The van der Waals surface area contributed by atoms with Gasteiger partial charge in [-0.1, -0.05) is 12.1 Å². The summed E-state index contributed by atoms with van der Waals surface area (Å²) < 4.78 is 10.2. The van der Waals surface area contributed by atoms with Gasteiger partial charge in [-0.05, 0) is 26.0 Å². The van der Waals surface area contributed by atoms with E-state index in [0.717, 1.165) is 6.07 Å². The van der Waals surface area contributed by atoms with E-state index in [1.165, 1.54) is 6.92 Å². The third kappa shape index (κ3) is 3.97. The minimum absolute atomic E-state index is 0.233. The first-order chi connectivity index (χ1) is 11.4. The highest BCUT2D eigenvalue weighted by atomic mass is 16.6. The van der Waals surface area contributed by atoms with Crippen LogP contribution in [0.5, 0.6) is 0 Å². The van der Waals surface area contributed by atoms with Crippen molar-refractivity contribution in [2.45, 2.75) is 20.0 Å². The summed E-state index contributed by atoms with van der Waals surface area (Å²) >= 11 is 0. The summed E-state index contributed by atoms with van der Waals surface area (Å²) in [6, 6.07) is 6.74. The number of fused-ring (bicyclic) bond motifs is 1. The van der Waals surface area contributed by atoms with Crippen molar-refractivity contribution in [2.24, 2.45) is 0 Å². The molecule has 24 heavy (non-hydrogen) atoms. The Bertz CT molecular complexity index is 842. The van der Waals surface area contributed by atoms with Crippen molar-refractivity contribution in [3.63, 3.8) is 0 Å². The Morgan fingerprint density at radius 2 is 1.96 bits per heavy atom. The predicted octanol–water partition coefficient (Wildman–Crippen LogP) is 1.18. The number of nitrogens with one attached hydrogen (secondary N) is 2. The smallest absolute Gasteiger partial charge is 0.375 e. The molecule has 0 aliphatic carbocycles. The largest absolute Gasteiger partial charge is 0.449 e. The molecule has 2 rings (SSSR count). The van der Waals surface area contributed by atoms with Crippen LogP contribution in [-0.2, 0) is 9.53 Å². The van der Waals surface area contributed by atoms with E-state index in [9.17, 15) is 19.2 Å². The van der Waals surface area contributed by atoms with Gasteiger partial charge >= 0.3 is 12.0 Å². The zero-order valence-corrected chi connectivity index (χ0v) is 13.1. The van der Waals surface area contributed by atoms with E-state index in [0.29, 0.717) is 11.9 Å². The molecule has 126 valence electrons. The molecule has 3 amide bonds. The molecule has 1 aromatic carbocycles. The van der Waals surface area contributed by atoms with Crippen molar-refractivity contribution in [2.75, 3.05) is 6.54 Å². The molecule has 0 aliphatic rings. The number of rotatable bonds is 4. The molecule has 0 radical (unpaired) electrons. The molecule has 0 saturated heterocycles. The standard InChI is InChI=1S/C16H16N2O6/c1-3-17-16(22)18-14(20)9(2)23-15(21)13-8-11(19)10-6-4-5-7-12(10)24-13/h4-9H,3H2,1-2H3,(H2,17,18,20,22). The van der Waals surface area contributed by atoms with E-state index >= 15 is 0 Å². The Morgan fingerprint density at radius 1 is 1.25 bits per heavy atom. The maximum atomic E-state index is 12.0. The molecule has 8 heteroatoms. The van der Waals surface area contributed by atoms with Gasteiger partial charge in [0.15, 0.2) is 11.5 Å². The van der Waals surface area contributed by atoms with Crippen LogP contribution in [0.25, 0.3) is 11.0 Å². The molecule has 2 aromatic rings. The summed E-state index contributed by atoms with van der Waals surface area (Å²) in [6.45, 7) is 3.33. The number of esters is 1. The van der Waals surface area contributed by atoms with Gasteiger partial charge in [-0.15, -0.1) is 0 Å². The van der Waals surface area contributed by atoms with Crippen molar-refractivity contribution < 1.29 is 23.5 Å². The Morgan fingerprint density at radius 3 is 2.67 bits per heavy atom. The van der Waals surface area contributed by atoms with Gasteiger partial charge in [-0.3, -0.25) is 14.9 Å². The van der Waals surface area contributed by atoms with E-state index in [4.69, 9.17) is 9.15 Å². The molecule has 2 N–H and O–H groups in total. The predicted molar refractivity (Wildman–Crippen MR) is 84.6 cm³/mol. The van der Waals surface area contributed by atoms with Crippen molar-refractivity contribution in [1.29, 1.82) is 0 Å². The number of hydrogen-bond donors (Lipinski definition) is 2. The van der Waals surface area contributed by atoms with Gasteiger partial charge < -0.3 is 14.5 Å². The van der Waals surface area contributed by atoms with Crippen molar-refractivity contribution in [3.8, 4) is 0 Å². The normalized spacial score (nSPS) is 11.6. The number of urea groups is 1. The Labute approximate surface area is 136 Å². The molecular weight excluding hydrogens is 316 g/mol. The Kier molecular flexibility index (Phi) is 5.31. The number of benzene rings is 1. The summed E-state index contributed by atoms with van der Waals surface area (Å²) in [7, 11) is 0. The van der Waals surface area contributed by atoms with Gasteiger partial charge in [0.05, 0.1) is 5.39 Å². The van der Waals surface area contributed by atoms with Crippen LogP contribution in [0.3, 0.4) is 0 Å². The molecule has 1 unspecified atom stereocenters. The highest BCUT2D eigenvalue weighted by Gasteiger charge is 2.22. The third-order valence-corrected chi connectivity index (χ3v) is 3.06. The second-order valence-corrected chi connectivity index (χ2v) is 4.87. The van der Waals surface area contributed by atoms with Crippen LogP contribution in [-0.4, -0.2) is 30.6 Å². The zero-order chi connectivity index (χ0) is 17.7. The molecule has 0 saturated carbocycles. The highest BCUT2D eigenvalue weighted by molar-refractivity contribution is 5.98. The number of hydrogen-bond acceptors (Lipinski definition) is 6. The van der Waals surface area contributed by atoms with Crippen molar-refractivity contribution in [3.05, 3.63) is 46.3 Å². The van der Waals surface area contributed by atoms with Crippen LogP contribution in [0, 0.1) is 0 Å². The fraction of sp³-hybridized carbons (Fsp3) is 0.250. The first-order valence-corrected chi connectivity index (χ1v) is 7.25. The number of carbonyl (C=O) groups is 3. The van der Waals surface area contributed by atoms with Crippen LogP contribution in [0.4, 0.5) is 4.79 Å². The van der Waals surface area contributed by atoms with Crippen LogP contribution in [0.1, 0.15) is 24.4 Å². The quantitative estimate of drug-likeness (QED) is 0.813. The van der Waals surface area contributed by atoms with Gasteiger partial charge in [0.25, 0.3) is 5.91 Å². The van der Waals surface area contributed by atoms with E-state index in [1.54, 1.807) is 31.2 Å². The molecule has 1 heterocycles. The van der Waals surface area contributed by atoms with E-state index < -0.39 is 29.4 Å². The van der Waals surface area contributed by atoms with Crippen LogP contribution < -0.4 is 16.1 Å². The molecule has 0 fully saturated rings. The maximum Gasteiger partial charge on any atom is 0.375 e. The summed E-state index contributed by atoms with van der Waals surface area (Å²) in [5.74, 6) is -2.09. The Hall–Kier alpha value is -3.16. The topological polar surface area (TPSA) is 115 Å². The molecule has 0 bridgehead atoms. The lowest BCUT2D eigenvalue weighted by molar-refractivity contribution is -0.128. The molecule has 1 aromatic heterocycles. The van der Waals surface area contributed by atoms with E-state index in [1.807, 2.05) is 5.32 Å². The second kappa shape index (κ2) is 7.40. The fourth-order valence-corrected chi connectivity index (χ4v) is 1.89. The summed E-state index contributed by atoms with van der Waals surface area (Å²) in [5.41, 5.74) is -0.167. The number of ether oxygens (including phenoxy) is 1. The van der Waals surface area contributed by atoms with Crippen LogP contribution in [0.15, 0.2) is 39.5 Å². The first-order valence-electron chi connectivity index (χ1n) is 7.25. The van der Waals surface area contributed by atoms with Crippen LogP contribution in [0.2, 0.25) is 0 Å². The fourth-order valence-electron chi connectivity index (χ4n) is 1.89. The summed E-state index contributed by atoms with van der Waals surface area (Å²) in [6.07, 6.45) is -1.24. The third-order valence-electron chi connectivity index (χ3n) is 3.06. The molecule has 1 atom stereocenters. The monoisotopic (exact) mass is 332 g/mol. The Balaban J connectivity index is 2.10. The number of carbonyl (C=O) groups excluding carboxylic acids is 3. The molecule has 0 aliphatic heterocycles. The molecular formula is C16H16N2O6. The minimum Gasteiger partial charge on any atom is -0.449 e. The molecule has 0 spiro atoms. The van der Waals surface area contributed by atoms with E-state index in [2.05, 4.69) is 5.32 Å². The highest BCUT2D eigenvalue weighted by Crippen LogP contribution is 2.13. The van der Waals surface area contributed by atoms with Crippen molar-refractivity contribution in [1.82, 2.24) is 10.6 Å². The van der Waals surface area contributed by atoms with Crippen LogP contribution >= 0.6 is 0 Å². The average molecular weight is 332 g/mol. The van der Waals surface area contributed by atoms with Gasteiger partial charge in [0.1, 0.15) is 5.58 Å². The lowest BCUT2D eigenvalue weighted by Crippen LogP contribution is -2.44. The summed E-state index contributed by atoms with van der Waals surface area (Å²) in [4.78, 5) is 47.0. The number of para-hydroxylation sites is 1. The molecule has 8 nitrogen and oxygen atoms in total. The van der Waals surface area contributed by atoms with Gasteiger partial charge in [0, 0.05) is 12.6 Å². The zero-order valence-electron chi connectivity index (χ0n) is 13.1. The summed E-state index contributed by atoms with van der Waals surface area (Å²) in [5, 5.41) is 4.72. The van der Waals surface area contributed by atoms with E-state index in [-0.39, 0.29) is 11.3 Å². The van der Waals surface area contributed by atoms with Gasteiger partial charge in [-0.2, -0.15) is 0 Å². The number of imide groups is 1. The lowest BCUT2D eigenvalue weighted by atomic mass is 10.2. The van der Waals surface area contributed by atoms with Gasteiger partial charge in [-0.25, -0.2) is 9.59 Å². The van der Waals surface area contributed by atoms with Gasteiger partial charge in [0.2, 0.25) is 5.76 Å². The SMILES string of the molecule is CCNC(=O)NC(=O)C(C)OC(=O)c1cc(=O)c2ccccc2o1. The average Bonchev–Trinajstić information content (AvgIpc) is 2.54. The minimum atomic E-state index is -1.24. The lowest BCUT2D eigenvalue weighted by Gasteiger charge is -2.12. The second-order valence-electron chi connectivity index (χ2n) is 4.87. The number of amides is 3.